The van der Waals surface area contributed by atoms with E-state index in [-0.39, 0.29) is 19.4 Å². The van der Waals surface area contributed by atoms with Crippen molar-refractivity contribution in [2.75, 3.05) is 13.6 Å². The summed E-state index contributed by atoms with van der Waals surface area (Å²) in [5, 5.41) is 15.9. The molecular formula is C8H14N2O4S. The fourth-order valence-corrected chi connectivity index (χ4v) is 2.30. The summed E-state index contributed by atoms with van der Waals surface area (Å²) in [6.07, 6.45) is -0.0756. The summed E-state index contributed by atoms with van der Waals surface area (Å²) in [6, 6.07) is 1.68. The highest BCUT2D eigenvalue weighted by Gasteiger charge is 2.28. The Morgan fingerprint density at radius 3 is 2.47 bits per heavy atom. The second-order valence-electron chi connectivity index (χ2n) is 3.04. The zero-order valence-electron chi connectivity index (χ0n) is 8.67. The maximum atomic E-state index is 11.6. The van der Waals surface area contributed by atoms with E-state index >= 15 is 0 Å². The molecule has 0 amide bonds. The quantitative estimate of drug-likeness (QED) is 0.698. The monoisotopic (exact) mass is 234 g/mol. The molecule has 1 unspecified atom stereocenters. The Bertz CT molecular complexity index is 357. The number of sulfonamides is 1. The zero-order valence-corrected chi connectivity index (χ0v) is 9.49. The van der Waals surface area contributed by atoms with Crippen LogP contribution in [0.4, 0.5) is 0 Å². The molecule has 86 valence electrons. The average Bonchev–Trinajstić information content (AvgIpc) is 2.15. The average molecular weight is 234 g/mol. The van der Waals surface area contributed by atoms with Crippen molar-refractivity contribution in [3.63, 3.8) is 0 Å². The van der Waals surface area contributed by atoms with Crippen LogP contribution in [0.1, 0.15) is 19.8 Å². The number of carboxylic acids is 1. The lowest BCUT2D eigenvalue weighted by Gasteiger charge is -2.18. The van der Waals surface area contributed by atoms with Gasteiger partial charge >= 0.3 is 5.97 Å². The van der Waals surface area contributed by atoms with Gasteiger partial charge in [0.05, 0.1) is 12.5 Å². The molecule has 0 saturated carbocycles. The van der Waals surface area contributed by atoms with Gasteiger partial charge in [-0.05, 0) is 6.42 Å². The van der Waals surface area contributed by atoms with Crippen molar-refractivity contribution in [2.24, 2.45) is 0 Å². The third-order valence-corrected chi connectivity index (χ3v) is 4.16. The molecule has 0 aliphatic carbocycles. The molecule has 0 radical (unpaired) electrons. The number of carboxylic acid groups (broad SMARTS) is 1. The van der Waals surface area contributed by atoms with Gasteiger partial charge in [0.25, 0.3) is 0 Å². The lowest BCUT2D eigenvalue weighted by molar-refractivity contribution is -0.137. The van der Waals surface area contributed by atoms with Crippen LogP contribution in [0.15, 0.2) is 0 Å². The SMILES string of the molecule is CCC(C#N)S(=O)(=O)N(C)CCC(=O)O. The summed E-state index contributed by atoms with van der Waals surface area (Å²) >= 11 is 0. The van der Waals surface area contributed by atoms with Crippen LogP contribution in [0.3, 0.4) is 0 Å². The van der Waals surface area contributed by atoms with Gasteiger partial charge in [-0.3, -0.25) is 4.79 Å². The van der Waals surface area contributed by atoms with E-state index < -0.39 is 21.2 Å². The third-order valence-electron chi connectivity index (χ3n) is 1.95. The molecule has 0 heterocycles. The van der Waals surface area contributed by atoms with Crippen molar-refractivity contribution in [3.05, 3.63) is 0 Å². The summed E-state index contributed by atoms with van der Waals surface area (Å²) in [7, 11) is -2.41. The second kappa shape index (κ2) is 5.68. The first-order valence-electron chi connectivity index (χ1n) is 4.42. The van der Waals surface area contributed by atoms with Crippen molar-refractivity contribution >= 4 is 16.0 Å². The van der Waals surface area contributed by atoms with Gasteiger partial charge in [0.15, 0.2) is 5.25 Å². The molecule has 0 aliphatic rings. The molecule has 0 aromatic carbocycles. The van der Waals surface area contributed by atoms with E-state index in [1.165, 1.54) is 7.05 Å². The Balaban J connectivity index is 4.60. The number of hydrogen-bond donors (Lipinski definition) is 1. The Kier molecular flexibility index (Phi) is 5.25. The van der Waals surface area contributed by atoms with Crippen molar-refractivity contribution < 1.29 is 18.3 Å². The first-order chi connectivity index (χ1) is 6.86. The van der Waals surface area contributed by atoms with E-state index in [1.807, 2.05) is 0 Å². The Morgan fingerprint density at radius 2 is 2.13 bits per heavy atom. The molecule has 0 fully saturated rings. The minimum absolute atomic E-state index is 0.115. The molecule has 6 nitrogen and oxygen atoms in total. The number of rotatable bonds is 6. The van der Waals surface area contributed by atoms with Gasteiger partial charge in [-0.2, -0.15) is 5.26 Å². The fraction of sp³-hybridized carbons (Fsp3) is 0.750. The molecule has 0 bridgehead atoms. The van der Waals surface area contributed by atoms with Gasteiger partial charge in [-0.1, -0.05) is 6.92 Å². The van der Waals surface area contributed by atoms with Gasteiger partial charge in [0.1, 0.15) is 0 Å². The Hall–Kier alpha value is -1.13. The third kappa shape index (κ3) is 3.85. The molecule has 0 aliphatic heterocycles. The highest BCUT2D eigenvalue weighted by Crippen LogP contribution is 2.10. The fourth-order valence-electron chi connectivity index (χ4n) is 0.966. The Labute approximate surface area is 89.2 Å². The van der Waals surface area contributed by atoms with E-state index in [4.69, 9.17) is 10.4 Å². The first kappa shape index (κ1) is 13.9. The topological polar surface area (TPSA) is 98.5 Å². The van der Waals surface area contributed by atoms with Crippen LogP contribution in [0.25, 0.3) is 0 Å². The van der Waals surface area contributed by atoms with Crippen LogP contribution in [-0.4, -0.2) is 42.6 Å². The lowest BCUT2D eigenvalue weighted by Crippen LogP contribution is -2.36. The summed E-state index contributed by atoms with van der Waals surface area (Å²) in [5.41, 5.74) is 0. The van der Waals surface area contributed by atoms with Crippen LogP contribution >= 0.6 is 0 Å². The number of aliphatic carboxylic acids is 1. The molecule has 7 heteroatoms. The zero-order chi connectivity index (χ0) is 12.1. The minimum atomic E-state index is -3.69. The molecule has 0 aromatic rings. The second-order valence-corrected chi connectivity index (χ2v) is 5.26. The van der Waals surface area contributed by atoms with Gasteiger partial charge in [-0.25, -0.2) is 12.7 Å². The molecule has 0 saturated heterocycles. The predicted molar refractivity (Wildman–Crippen MR) is 53.5 cm³/mol. The molecule has 1 N–H and O–H groups in total. The molecule has 1 atom stereocenters. The molecule has 0 aromatic heterocycles. The maximum Gasteiger partial charge on any atom is 0.304 e. The van der Waals surface area contributed by atoms with Crippen LogP contribution in [0, 0.1) is 11.3 Å². The summed E-state index contributed by atoms with van der Waals surface area (Å²) in [4.78, 5) is 10.3. The highest BCUT2D eigenvalue weighted by atomic mass is 32.2. The molecular weight excluding hydrogens is 220 g/mol. The number of nitriles is 1. The number of hydrogen-bond acceptors (Lipinski definition) is 4. The standard InChI is InChI=1S/C8H14N2O4S/c1-3-7(6-9)15(13,14)10(2)5-4-8(11)12/h7H,3-5H2,1-2H3,(H,11,12). The normalized spacial score (nSPS) is 13.5. The lowest BCUT2D eigenvalue weighted by atomic mass is 10.4. The summed E-state index contributed by atoms with van der Waals surface area (Å²) in [5.74, 6) is -1.07. The van der Waals surface area contributed by atoms with Crippen molar-refractivity contribution in [1.29, 1.82) is 5.26 Å². The van der Waals surface area contributed by atoms with E-state index in [1.54, 1.807) is 13.0 Å². The molecule has 0 spiro atoms. The van der Waals surface area contributed by atoms with Crippen molar-refractivity contribution in [1.82, 2.24) is 4.31 Å². The van der Waals surface area contributed by atoms with E-state index in [2.05, 4.69) is 0 Å². The highest BCUT2D eigenvalue weighted by molar-refractivity contribution is 7.89. The van der Waals surface area contributed by atoms with Crippen LogP contribution in [0.2, 0.25) is 0 Å². The van der Waals surface area contributed by atoms with Gasteiger partial charge in [-0.15, -0.1) is 0 Å². The van der Waals surface area contributed by atoms with Gasteiger partial charge < -0.3 is 5.11 Å². The Morgan fingerprint density at radius 1 is 1.60 bits per heavy atom. The van der Waals surface area contributed by atoms with E-state index in [9.17, 15) is 13.2 Å². The van der Waals surface area contributed by atoms with Crippen LogP contribution in [0.5, 0.6) is 0 Å². The van der Waals surface area contributed by atoms with Gasteiger partial charge in [0.2, 0.25) is 10.0 Å². The predicted octanol–water partition coefficient (Wildman–Crippen LogP) is 0.0249. The smallest absolute Gasteiger partial charge is 0.304 e. The number of nitrogens with zero attached hydrogens (tertiary/aromatic N) is 2. The van der Waals surface area contributed by atoms with E-state index in [0.717, 1.165) is 4.31 Å². The number of carbonyl (C=O) groups is 1. The van der Waals surface area contributed by atoms with Crippen molar-refractivity contribution in [2.45, 2.75) is 25.0 Å². The van der Waals surface area contributed by atoms with Crippen LogP contribution in [-0.2, 0) is 14.8 Å². The molecule has 15 heavy (non-hydrogen) atoms. The van der Waals surface area contributed by atoms with Gasteiger partial charge in [0, 0.05) is 13.6 Å². The maximum absolute atomic E-state index is 11.6. The van der Waals surface area contributed by atoms with Crippen molar-refractivity contribution in [3.8, 4) is 6.07 Å². The first-order valence-corrected chi connectivity index (χ1v) is 5.93. The minimum Gasteiger partial charge on any atom is -0.481 e. The largest absolute Gasteiger partial charge is 0.481 e. The van der Waals surface area contributed by atoms with E-state index in [0.29, 0.717) is 0 Å². The summed E-state index contributed by atoms with van der Waals surface area (Å²) < 4.78 is 24.1. The molecule has 0 rings (SSSR count). The summed E-state index contributed by atoms with van der Waals surface area (Å²) in [6.45, 7) is 1.48. The van der Waals surface area contributed by atoms with Crippen LogP contribution < -0.4 is 0 Å².